The SMILES string of the molecule is COc1ccc2[nH]c(-c3nnc4sc(-c5ccc(C)cc5)nn34)c(-c3ccccc3)c2c1. The molecule has 0 saturated carbocycles. The summed E-state index contributed by atoms with van der Waals surface area (Å²) in [5.41, 5.74) is 6.32. The quantitative estimate of drug-likeness (QED) is 0.368. The van der Waals surface area contributed by atoms with Crippen LogP contribution in [0.1, 0.15) is 5.56 Å². The Kier molecular flexibility index (Phi) is 4.29. The van der Waals surface area contributed by atoms with Gasteiger partial charge in [0.05, 0.1) is 12.8 Å². The summed E-state index contributed by atoms with van der Waals surface area (Å²) in [7, 11) is 1.68. The summed E-state index contributed by atoms with van der Waals surface area (Å²) in [6.07, 6.45) is 0. The number of aromatic nitrogens is 5. The molecule has 1 N–H and O–H groups in total. The second-order valence-electron chi connectivity index (χ2n) is 7.64. The van der Waals surface area contributed by atoms with E-state index >= 15 is 0 Å². The molecule has 0 aliphatic heterocycles. The van der Waals surface area contributed by atoms with Crippen molar-refractivity contribution in [3.05, 3.63) is 78.4 Å². The number of nitrogens with zero attached hydrogens (tertiary/aromatic N) is 4. The number of hydrogen-bond donors (Lipinski definition) is 1. The molecule has 0 aliphatic carbocycles. The zero-order chi connectivity index (χ0) is 21.7. The Morgan fingerprint density at radius 3 is 2.50 bits per heavy atom. The molecule has 0 radical (unpaired) electrons. The summed E-state index contributed by atoms with van der Waals surface area (Å²) in [5, 5.41) is 15.7. The highest BCUT2D eigenvalue weighted by Gasteiger charge is 2.22. The predicted octanol–water partition coefficient (Wildman–Crippen LogP) is 5.99. The average molecular weight is 438 g/mol. The number of ether oxygens (including phenoxy) is 1. The van der Waals surface area contributed by atoms with Crippen LogP contribution in [0.4, 0.5) is 0 Å². The van der Waals surface area contributed by atoms with Crippen LogP contribution >= 0.6 is 11.3 Å². The number of methoxy groups -OCH3 is 1. The lowest BCUT2D eigenvalue weighted by atomic mass is 10.0. The van der Waals surface area contributed by atoms with Gasteiger partial charge in [-0.25, -0.2) is 0 Å². The monoisotopic (exact) mass is 437 g/mol. The van der Waals surface area contributed by atoms with Crippen LogP contribution in [0, 0.1) is 6.92 Å². The van der Waals surface area contributed by atoms with Crippen LogP contribution in [0.15, 0.2) is 72.8 Å². The molecule has 0 bridgehead atoms. The third-order valence-corrected chi connectivity index (χ3v) is 6.53. The first-order chi connectivity index (χ1) is 15.7. The summed E-state index contributed by atoms with van der Waals surface area (Å²) < 4.78 is 7.31. The summed E-state index contributed by atoms with van der Waals surface area (Å²) >= 11 is 1.53. The van der Waals surface area contributed by atoms with Crippen molar-refractivity contribution in [3.8, 4) is 39.0 Å². The standard InChI is InChI=1S/C25H19N5OS/c1-15-8-10-17(11-9-15)24-29-30-23(27-28-25(30)32-24)22-21(16-6-4-3-5-7-16)19-14-18(31-2)12-13-20(19)26-22/h3-14,26H,1-2H3. The number of fused-ring (bicyclic) bond motifs is 2. The van der Waals surface area contributed by atoms with E-state index < -0.39 is 0 Å². The Morgan fingerprint density at radius 1 is 0.906 bits per heavy atom. The number of H-pyrrole nitrogens is 1. The van der Waals surface area contributed by atoms with Crippen LogP contribution in [0.5, 0.6) is 5.75 Å². The predicted molar refractivity (Wildman–Crippen MR) is 128 cm³/mol. The molecule has 6 aromatic rings. The molecule has 6 nitrogen and oxygen atoms in total. The van der Waals surface area contributed by atoms with Crippen LogP contribution in [0.25, 0.3) is 49.1 Å². The molecule has 0 spiro atoms. The molecule has 3 aromatic carbocycles. The van der Waals surface area contributed by atoms with Crippen molar-refractivity contribution >= 4 is 27.2 Å². The van der Waals surface area contributed by atoms with Crippen molar-refractivity contribution in [2.24, 2.45) is 0 Å². The van der Waals surface area contributed by atoms with Gasteiger partial charge in [0.15, 0.2) is 0 Å². The van der Waals surface area contributed by atoms with Crippen LogP contribution in [-0.4, -0.2) is 31.9 Å². The summed E-state index contributed by atoms with van der Waals surface area (Å²) in [6.45, 7) is 2.08. The molecular formula is C25H19N5OS. The van der Waals surface area contributed by atoms with E-state index in [2.05, 4.69) is 64.6 Å². The Morgan fingerprint density at radius 2 is 1.72 bits per heavy atom. The van der Waals surface area contributed by atoms with Gasteiger partial charge in [-0.1, -0.05) is 71.5 Å². The van der Waals surface area contributed by atoms with Gasteiger partial charge in [0, 0.05) is 22.0 Å². The van der Waals surface area contributed by atoms with Crippen molar-refractivity contribution in [1.82, 2.24) is 24.8 Å². The van der Waals surface area contributed by atoms with Crippen LogP contribution in [0.2, 0.25) is 0 Å². The Bertz CT molecular complexity index is 1560. The Balaban J connectivity index is 1.59. The molecule has 6 rings (SSSR count). The lowest BCUT2D eigenvalue weighted by Crippen LogP contribution is -1.93. The zero-order valence-electron chi connectivity index (χ0n) is 17.5. The molecule has 0 aliphatic rings. The maximum Gasteiger partial charge on any atom is 0.235 e. The largest absolute Gasteiger partial charge is 0.497 e. The molecule has 0 amide bonds. The van der Waals surface area contributed by atoms with Gasteiger partial charge in [0.1, 0.15) is 10.8 Å². The first-order valence-corrected chi connectivity index (χ1v) is 11.1. The topological polar surface area (TPSA) is 68.1 Å². The second-order valence-corrected chi connectivity index (χ2v) is 8.60. The molecular weight excluding hydrogens is 418 g/mol. The maximum atomic E-state index is 5.49. The summed E-state index contributed by atoms with van der Waals surface area (Å²) in [6, 6.07) is 24.7. The molecule has 0 atom stereocenters. The molecule has 0 fully saturated rings. The smallest absolute Gasteiger partial charge is 0.235 e. The van der Waals surface area contributed by atoms with Crippen molar-refractivity contribution in [3.63, 3.8) is 0 Å². The molecule has 0 saturated heterocycles. The Hall–Kier alpha value is -3.97. The third kappa shape index (κ3) is 2.98. The van der Waals surface area contributed by atoms with Gasteiger partial charge in [0.25, 0.3) is 0 Å². The molecule has 0 unspecified atom stereocenters. The normalized spacial score (nSPS) is 11.4. The van der Waals surface area contributed by atoms with E-state index in [1.54, 1.807) is 7.11 Å². The minimum Gasteiger partial charge on any atom is -0.497 e. The van der Waals surface area contributed by atoms with Gasteiger partial charge in [0.2, 0.25) is 10.8 Å². The maximum absolute atomic E-state index is 5.49. The van der Waals surface area contributed by atoms with E-state index in [0.717, 1.165) is 49.0 Å². The van der Waals surface area contributed by atoms with E-state index in [4.69, 9.17) is 9.84 Å². The first-order valence-electron chi connectivity index (χ1n) is 10.3. The van der Waals surface area contributed by atoms with Gasteiger partial charge in [-0.05, 0) is 30.7 Å². The number of benzene rings is 3. The van der Waals surface area contributed by atoms with Gasteiger partial charge in [-0.2, -0.15) is 9.61 Å². The van der Waals surface area contributed by atoms with E-state index in [9.17, 15) is 0 Å². The molecule has 7 heteroatoms. The van der Waals surface area contributed by atoms with Crippen LogP contribution < -0.4 is 4.74 Å². The van der Waals surface area contributed by atoms with Crippen molar-refractivity contribution in [1.29, 1.82) is 0 Å². The number of rotatable bonds is 4. The van der Waals surface area contributed by atoms with E-state index in [1.165, 1.54) is 16.9 Å². The number of aryl methyl sites for hydroxylation is 1. The average Bonchev–Trinajstić information content (AvgIpc) is 3.52. The number of aromatic amines is 1. The first kappa shape index (κ1) is 18.8. The molecule has 156 valence electrons. The van der Waals surface area contributed by atoms with Crippen molar-refractivity contribution in [2.45, 2.75) is 6.92 Å². The number of nitrogens with one attached hydrogen (secondary N) is 1. The third-order valence-electron chi connectivity index (χ3n) is 5.58. The van der Waals surface area contributed by atoms with E-state index in [0.29, 0.717) is 5.82 Å². The highest BCUT2D eigenvalue weighted by Crippen LogP contribution is 2.39. The molecule has 3 aromatic heterocycles. The fourth-order valence-electron chi connectivity index (χ4n) is 3.96. The summed E-state index contributed by atoms with van der Waals surface area (Å²) in [4.78, 5) is 4.31. The lowest BCUT2D eigenvalue weighted by molar-refractivity contribution is 0.415. The Labute approximate surface area is 188 Å². The van der Waals surface area contributed by atoms with E-state index in [-0.39, 0.29) is 0 Å². The summed E-state index contributed by atoms with van der Waals surface area (Å²) in [5.74, 6) is 1.49. The molecule has 32 heavy (non-hydrogen) atoms. The molecule has 3 heterocycles. The van der Waals surface area contributed by atoms with Crippen molar-refractivity contribution < 1.29 is 4.74 Å². The minimum atomic E-state index is 0.684. The van der Waals surface area contributed by atoms with Crippen LogP contribution in [0.3, 0.4) is 0 Å². The minimum absolute atomic E-state index is 0.684. The van der Waals surface area contributed by atoms with Gasteiger partial charge in [-0.15, -0.1) is 10.2 Å². The van der Waals surface area contributed by atoms with Gasteiger partial charge >= 0.3 is 0 Å². The zero-order valence-corrected chi connectivity index (χ0v) is 18.4. The van der Waals surface area contributed by atoms with Crippen molar-refractivity contribution in [2.75, 3.05) is 7.11 Å². The van der Waals surface area contributed by atoms with Gasteiger partial charge in [-0.3, -0.25) is 0 Å². The number of hydrogen-bond acceptors (Lipinski definition) is 5. The second kappa shape index (κ2) is 7.32. The lowest BCUT2D eigenvalue weighted by Gasteiger charge is -2.04. The fourth-order valence-corrected chi connectivity index (χ4v) is 4.80. The van der Waals surface area contributed by atoms with E-state index in [1.807, 2.05) is 34.8 Å². The van der Waals surface area contributed by atoms with Crippen LogP contribution in [-0.2, 0) is 0 Å². The highest BCUT2D eigenvalue weighted by atomic mass is 32.1. The highest BCUT2D eigenvalue weighted by molar-refractivity contribution is 7.19. The van der Waals surface area contributed by atoms with Gasteiger partial charge < -0.3 is 9.72 Å². The fraction of sp³-hybridized carbons (Fsp3) is 0.0800.